The predicted molar refractivity (Wildman–Crippen MR) is 112 cm³/mol. The second-order valence-corrected chi connectivity index (χ2v) is 9.67. The van der Waals surface area contributed by atoms with Crippen molar-refractivity contribution < 1.29 is 0 Å². The maximum Gasteiger partial charge on any atom is 0.0507 e. The van der Waals surface area contributed by atoms with Gasteiger partial charge in [0.25, 0.3) is 0 Å². The molecule has 3 fully saturated rings. The monoisotopic (exact) mass is 364 g/mol. The lowest BCUT2D eigenvalue weighted by atomic mass is 9.92. The van der Waals surface area contributed by atoms with Crippen molar-refractivity contribution in [2.24, 2.45) is 11.8 Å². The summed E-state index contributed by atoms with van der Waals surface area (Å²) < 4.78 is 0. The van der Waals surface area contributed by atoms with Crippen LogP contribution >= 0.6 is 0 Å². The first-order valence-electron chi connectivity index (χ1n) is 11.5. The van der Waals surface area contributed by atoms with Crippen LogP contribution < -0.4 is 0 Å². The van der Waals surface area contributed by atoms with Crippen LogP contribution in [0.15, 0.2) is 0 Å². The molecule has 0 amide bonds. The lowest BCUT2D eigenvalue weighted by Crippen LogP contribution is -2.40. The first kappa shape index (κ1) is 20.6. The lowest BCUT2D eigenvalue weighted by molar-refractivity contribution is 0.132. The van der Waals surface area contributed by atoms with Gasteiger partial charge in [-0.15, -0.1) is 0 Å². The summed E-state index contributed by atoms with van der Waals surface area (Å²) in [5, 5.41) is 0. The topological polar surface area (TPSA) is 13.0 Å². The zero-order valence-corrected chi connectivity index (χ0v) is 17.8. The summed E-state index contributed by atoms with van der Waals surface area (Å²) in [6, 6.07) is 0.819. The van der Waals surface area contributed by atoms with Crippen LogP contribution in [0.25, 0.3) is 0 Å². The number of nitrogens with zero attached hydrogens (tertiary/aromatic N) is 4. The van der Waals surface area contributed by atoms with Gasteiger partial charge >= 0.3 is 0 Å². The summed E-state index contributed by atoms with van der Waals surface area (Å²) in [5.41, 5.74) is 0. The molecule has 4 nitrogen and oxygen atoms in total. The van der Waals surface area contributed by atoms with Gasteiger partial charge in [-0.2, -0.15) is 0 Å². The Bertz CT molecular complexity index is 392. The fourth-order valence-electron chi connectivity index (χ4n) is 5.55. The zero-order valence-electron chi connectivity index (χ0n) is 17.8. The molecule has 26 heavy (non-hydrogen) atoms. The molecule has 0 aromatic rings. The van der Waals surface area contributed by atoms with E-state index in [1.807, 2.05) is 0 Å². The molecule has 3 atom stereocenters. The average Bonchev–Trinajstić information content (AvgIpc) is 3.03. The Morgan fingerprint density at radius 2 is 1.31 bits per heavy atom. The van der Waals surface area contributed by atoms with Crippen LogP contribution in [-0.2, 0) is 0 Å². The molecule has 0 aromatic carbocycles. The van der Waals surface area contributed by atoms with Crippen molar-refractivity contribution in [3.05, 3.63) is 0 Å². The van der Waals surface area contributed by atoms with Gasteiger partial charge in [0.2, 0.25) is 0 Å². The van der Waals surface area contributed by atoms with Crippen molar-refractivity contribution in [3.8, 4) is 0 Å². The highest BCUT2D eigenvalue weighted by Gasteiger charge is 2.23. The molecule has 0 spiro atoms. The molecule has 3 unspecified atom stereocenters. The van der Waals surface area contributed by atoms with Gasteiger partial charge in [-0.25, -0.2) is 0 Å². The van der Waals surface area contributed by atoms with Gasteiger partial charge < -0.3 is 9.80 Å². The fraction of sp³-hybridized carbons (Fsp3) is 1.00. The van der Waals surface area contributed by atoms with Gasteiger partial charge in [-0.05, 0) is 70.5 Å². The van der Waals surface area contributed by atoms with Crippen molar-refractivity contribution in [1.29, 1.82) is 0 Å². The van der Waals surface area contributed by atoms with E-state index in [0.29, 0.717) is 0 Å². The van der Waals surface area contributed by atoms with Crippen molar-refractivity contribution in [2.45, 2.75) is 65.3 Å². The predicted octanol–water partition coefficient (Wildman–Crippen LogP) is 3.19. The summed E-state index contributed by atoms with van der Waals surface area (Å²) in [5.74, 6) is 1.78. The smallest absolute Gasteiger partial charge is 0.0507 e. The highest BCUT2D eigenvalue weighted by Crippen LogP contribution is 2.21. The molecule has 3 aliphatic heterocycles. The summed E-state index contributed by atoms with van der Waals surface area (Å²) in [6.45, 7) is 20.2. The Kier molecular flexibility index (Phi) is 8.23. The van der Waals surface area contributed by atoms with E-state index in [2.05, 4.69) is 40.4 Å². The van der Waals surface area contributed by atoms with Crippen LogP contribution in [0.1, 0.15) is 59.3 Å². The second-order valence-electron chi connectivity index (χ2n) is 9.67. The van der Waals surface area contributed by atoms with E-state index in [-0.39, 0.29) is 0 Å². The Morgan fingerprint density at radius 3 is 1.96 bits per heavy atom. The highest BCUT2D eigenvalue weighted by molar-refractivity contribution is 4.77. The Balaban J connectivity index is 1.24. The third kappa shape index (κ3) is 6.47. The van der Waals surface area contributed by atoms with Gasteiger partial charge in [0, 0.05) is 45.3 Å². The molecule has 0 saturated carbocycles. The normalized spacial score (nSPS) is 33.1. The first-order chi connectivity index (χ1) is 12.6. The number of rotatable bonds is 8. The highest BCUT2D eigenvalue weighted by atomic mass is 15.4. The van der Waals surface area contributed by atoms with Crippen molar-refractivity contribution in [1.82, 2.24) is 19.6 Å². The zero-order chi connectivity index (χ0) is 18.4. The van der Waals surface area contributed by atoms with Gasteiger partial charge in [0.15, 0.2) is 0 Å². The van der Waals surface area contributed by atoms with Crippen LogP contribution in [-0.4, -0.2) is 91.2 Å². The molecule has 4 heteroatoms. The van der Waals surface area contributed by atoms with E-state index in [0.717, 1.165) is 17.9 Å². The SMILES string of the molecule is CC1CC(C)CN(CCCN2CCN(CCCN3CCCCC3C)C2)C1. The molecular formula is C22H44N4. The van der Waals surface area contributed by atoms with E-state index >= 15 is 0 Å². The molecule has 3 rings (SSSR count). The summed E-state index contributed by atoms with van der Waals surface area (Å²) in [7, 11) is 0. The Labute approximate surface area is 162 Å². The van der Waals surface area contributed by atoms with Crippen LogP contribution in [0.2, 0.25) is 0 Å². The minimum Gasteiger partial charge on any atom is -0.303 e. The molecule has 0 radical (unpaired) electrons. The molecule has 0 aromatic heterocycles. The summed E-state index contributed by atoms with van der Waals surface area (Å²) >= 11 is 0. The van der Waals surface area contributed by atoms with E-state index in [4.69, 9.17) is 0 Å². The Hall–Kier alpha value is -0.160. The van der Waals surface area contributed by atoms with E-state index in [9.17, 15) is 0 Å². The number of piperidine rings is 2. The van der Waals surface area contributed by atoms with E-state index in [1.165, 1.54) is 104 Å². The van der Waals surface area contributed by atoms with Gasteiger partial charge in [-0.1, -0.05) is 20.3 Å². The first-order valence-corrected chi connectivity index (χ1v) is 11.5. The molecule has 0 bridgehead atoms. The average molecular weight is 365 g/mol. The van der Waals surface area contributed by atoms with Crippen molar-refractivity contribution in [2.75, 3.05) is 65.6 Å². The molecule has 3 aliphatic rings. The largest absolute Gasteiger partial charge is 0.303 e. The fourth-order valence-corrected chi connectivity index (χ4v) is 5.55. The molecule has 0 N–H and O–H groups in total. The van der Waals surface area contributed by atoms with E-state index in [1.54, 1.807) is 0 Å². The Morgan fingerprint density at radius 1 is 0.692 bits per heavy atom. The lowest BCUT2D eigenvalue weighted by Gasteiger charge is -2.35. The van der Waals surface area contributed by atoms with Crippen LogP contribution in [0.4, 0.5) is 0 Å². The quantitative estimate of drug-likeness (QED) is 0.656. The van der Waals surface area contributed by atoms with Crippen molar-refractivity contribution >= 4 is 0 Å². The summed E-state index contributed by atoms with van der Waals surface area (Å²) in [4.78, 5) is 10.8. The molecule has 3 heterocycles. The minimum atomic E-state index is 0.819. The van der Waals surface area contributed by atoms with Crippen LogP contribution in [0.3, 0.4) is 0 Å². The molecular weight excluding hydrogens is 320 g/mol. The third-order valence-electron chi connectivity index (χ3n) is 6.89. The second kappa shape index (κ2) is 10.4. The molecule has 0 aliphatic carbocycles. The molecule has 152 valence electrons. The summed E-state index contributed by atoms with van der Waals surface area (Å²) in [6.07, 6.45) is 8.38. The number of likely N-dealkylation sites (tertiary alicyclic amines) is 2. The van der Waals surface area contributed by atoms with Crippen molar-refractivity contribution in [3.63, 3.8) is 0 Å². The van der Waals surface area contributed by atoms with Crippen LogP contribution in [0.5, 0.6) is 0 Å². The third-order valence-corrected chi connectivity index (χ3v) is 6.89. The van der Waals surface area contributed by atoms with Crippen LogP contribution in [0, 0.1) is 11.8 Å². The van der Waals surface area contributed by atoms with Gasteiger partial charge in [0.05, 0.1) is 6.67 Å². The van der Waals surface area contributed by atoms with E-state index < -0.39 is 0 Å². The standard InChI is InChI=1S/C22H44N4/c1-20-16-21(2)18-25(17-20)11-6-9-23-14-15-24(19-23)10-7-13-26-12-5-4-8-22(26)3/h20-22H,4-19H2,1-3H3. The number of hydrogen-bond acceptors (Lipinski definition) is 4. The minimum absolute atomic E-state index is 0.819. The van der Waals surface area contributed by atoms with Gasteiger partial charge in [-0.3, -0.25) is 9.80 Å². The number of hydrogen-bond donors (Lipinski definition) is 0. The van der Waals surface area contributed by atoms with Gasteiger partial charge in [0.1, 0.15) is 0 Å². The maximum absolute atomic E-state index is 2.72. The molecule has 3 saturated heterocycles. The maximum atomic E-state index is 2.72.